The molecule has 1 unspecified atom stereocenters. The second kappa shape index (κ2) is 6.34. The first-order chi connectivity index (χ1) is 8.85. The molecular formula is C13H16N4S. The van der Waals surface area contributed by atoms with Crippen LogP contribution in [0.5, 0.6) is 0 Å². The van der Waals surface area contributed by atoms with Crippen LogP contribution in [-0.2, 0) is 6.54 Å². The summed E-state index contributed by atoms with van der Waals surface area (Å²) in [4.78, 5) is 5.54. The molecule has 0 fully saturated rings. The Balaban J connectivity index is 2.03. The van der Waals surface area contributed by atoms with E-state index in [0.717, 1.165) is 30.2 Å². The molecule has 2 aromatic heterocycles. The highest BCUT2D eigenvalue weighted by atomic mass is 32.1. The Kier molecular flexibility index (Phi) is 4.51. The molecular weight excluding hydrogens is 244 g/mol. The number of aryl methyl sites for hydroxylation is 1. The number of nitriles is 1. The smallest absolute Gasteiger partial charge is 0.149 e. The lowest BCUT2D eigenvalue weighted by atomic mass is 10.2. The Morgan fingerprint density at radius 1 is 1.61 bits per heavy atom. The lowest BCUT2D eigenvalue weighted by molar-refractivity contribution is 0.531. The molecule has 4 nitrogen and oxygen atoms in total. The maximum Gasteiger partial charge on any atom is 0.149 e. The third-order valence-electron chi connectivity index (χ3n) is 2.72. The molecule has 1 atom stereocenters. The SMILES string of the molecule is CCNC(C#N)CCn1ccnc1-c1cccs1. The molecule has 0 aliphatic carbocycles. The standard InChI is InChI=1S/C13H16N4S/c1-2-15-11(10-14)5-7-17-8-6-16-13(17)12-4-3-9-18-12/h3-4,6,8-9,11,15H,2,5,7H2,1H3. The molecule has 0 spiro atoms. The lowest BCUT2D eigenvalue weighted by Gasteiger charge is -2.11. The van der Waals surface area contributed by atoms with E-state index < -0.39 is 0 Å². The zero-order valence-corrected chi connectivity index (χ0v) is 11.2. The molecule has 0 aromatic carbocycles. The van der Waals surface area contributed by atoms with Gasteiger partial charge in [-0.1, -0.05) is 13.0 Å². The molecule has 0 bridgehead atoms. The molecule has 2 aromatic rings. The van der Waals surface area contributed by atoms with Crippen LogP contribution in [-0.4, -0.2) is 22.1 Å². The number of rotatable bonds is 6. The Bertz CT molecular complexity index is 509. The van der Waals surface area contributed by atoms with Crippen LogP contribution in [0.3, 0.4) is 0 Å². The van der Waals surface area contributed by atoms with Crippen LogP contribution in [0.2, 0.25) is 0 Å². The average Bonchev–Trinajstić information content (AvgIpc) is 3.04. The summed E-state index contributed by atoms with van der Waals surface area (Å²) >= 11 is 1.68. The minimum absolute atomic E-state index is 0.0893. The molecule has 0 aliphatic heterocycles. The van der Waals surface area contributed by atoms with Crippen molar-refractivity contribution in [2.75, 3.05) is 6.54 Å². The Morgan fingerprint density at radius 2 is 2.50 bits per heavy atom. The van der Waals surface area contributed by atoms with Crippen LogP contribution >= 0.6 is 11.3 Å². The van der Waals surface area contributed by atoms with Gasteiger partial charge in [-0.15, -0.1) is 11.3 Å². The van der Waals surface area contributed by atoms with Crippen molar-refractivity contribution in [3.63, 3.8) is 0 Å². The van der Waals surface area contributed by atoms with Gasteiger partial charge in [0.1, 0.15) is 5.82 Å². The monoisotopic (exact) mass is 260 g/mol. The molecule has 0 saturated carbocycles. The lowest BCUT2D eigenvalue weighted by Crippen LogP contribution is -2.28. The second-order valence-corrected chi connectivity index (χ2v) is 4.90. The number of hydrogen-bond acceptors (Lipinski definition) is 4. The fourth-order valence-corrected chi connectivity index (χ4v) is 2.58. The van der Waals surface area contributed by atoms with Crippen LogP contribution in [0, 0.1) is 11.3 Å². The molecule has 0 saturated heterocycles. The topological polar surface area (TPSA) is 53.6 Å². The Morgan fingerprint density at radius 3 is 3.17 bits per heavy atom. The van der Waals surface area contributed by atoms with Gasteiger partial charge in [-0.05, 0) is 24.4 Å². The summed E-state index contributed by atoms with van der Waals surface area (Å²) in [5.74, 6) is 0.984. The summed E-state index contributed by atoms with van der Waals surface area (Å²) in [5, 5.41) is 14.2. The second-order valence-electron chi connectivity index (χ2n) is 3.95. The molecule has 18 heavy (non-hydrogen) atoms. The van der Waals surface area contributed by atoms with Crippen molar-refractivity contribution < 1.29 is 0 Å². The minimum atomic E-state index is -0.0893. The van der Waals surface area contributed by atoms with Gasteiger partial charge in [-0.3, -0.25) is 0 Å². The van der Waals surface area contributed by atoms with Crippen LogP contribution in [0.4, 0.5) is 0 Å². The molecule has 94 valence electrons. The number of imidazole rings is 1. The first kappa shape index (κ1) is 12.8. The first-order valence-corrected chi connectivity index (χ1v) is 6.91. The van der Waals surface area contributed by atoms with Crippen molar-refractivity contribution in [3.05, 3.63) is 29.9 Å². The summed E-state index contributed by atoms with van der Waals surface area (Å²) in [6.07, 6.45) is 4.57. The van der Waals surface area contributed by atoms with Gasteiger partial charge in [0, 0.05) is 18.9 Å². The van der Waals surface area contributed by atoms with Gasteiger partial charge in [0.25, 0.3) is 0 Å². The van der Waals surface area contributed by atoms with Gasteiger partial charge in [-0.25, -0.2) is 4.98 Å². The van der Waals surface area contributed by atoms with Crippen LogP contribution in [0.25, 0.3) is 10.7 Å². The van der Waals surface area contributed by atoms with Crippen molar-refractivity contribution >= 4 is 11.3 Å². The van der Waals surface area contributed by atoms with Crippen LogP contribution < -0.4 is 5.32 Å². The molecule has 2 heterocycles. The largest absolute Gasteiger partial charge is 0.330 e. The van der Waals surface area contributed by atoms with Crippen molar-refractivity contribution in [2.45, 2.75) is 25.9 Å². The molecule has 0 aliphatic rings. The van der Waals surface area contributed by atoms with E-state index in [0.29, 0.717) is 0 Å². The number of nitrogens with one attached hydrogen (secondary N) is 1. The van der Waals surface area contributed by atoms with Gasteiger partial charge in [-0.2, -0.15) is 5.26 Å². The fraction of sp³-hybridized carbons (Fsp3) is 0.385. The Labute approximate surface area is 111 Å². The van der Waals surface area contributed by atoms with Gasteiger partial charge < -0.3 is 9.88 Å². The minimum Gasteiger partial charge on any atom is -0.330 e. The van der Waals surface area contributed by atoms with Gasteiger partial charge in [0.05, 0.1) is 17.0 Å². The van der Waals surface area contributed by atoms with E-state index >= 15 is 0 Å². The normalized spacial score (nSPS) is 12.2. The van der Waals surface area contributed by atoms with E-state index in [1.165, 1.54) is 0 Å². The highest BCUT2D eigenvalue weighted by molar-refractivity contribution is 7.13. The zero-order valence-electron chi connectivity index (χ0n) is 10.3. The van der Waals surface area contributed by atoms with E-state index in [2.05, 4.69) is 27.0 Å². The summed E-state index contributed by atoms with van der Waals surface area (Å²) in [6, 6.07) is 6.28. The zero-order chi connectivity index (χ0) is 12.8. The molecule has 2 rings (SSSR count). The molecule has 0 radical (unpaired) electrons. The number of aromatic nitrogens is 2. The van der Waals surface area contributed by atoms with Crippen molar-refractivity contribution in [3.8, 4) is 16.8 Å². The molecule has 5 heteroatoms. The van der Waals surface area contributed by atoms with Crippen molar-refractivity contribution in [1.82, 2.24) is 14.9 Å². The predicted octanol–water partition coefficient (Wildman–Crippen LogP) is 2.50. The number of hydrogen-bond donors (Lipinski definition) is 1. The van der Waals surface area contributed by atoms with Crippen molar-refractivity contribution in [2.24, 2.45) is 0 Å². The summed E-state index contributed by atoms with van der Waals surface area (Å²) < 4.78 is 2.10. The third kappa shape index (κ3) is 2.97. The summed E-state index contributed by atoms with van der Waals surface area (Å²) in [7, 11) is 0. The van der Waals surface area contributed by atoms with E-state index in [9.17, 15) is 0 Å². The number of thiophene rings is 1. The van der Waals surface area contributed by atoms with Gasteiger partial charge >= 0.3 is 0 Å². The maximum atomic E-state index is 9.00. The maximum absolute atomic E-state index is 9.00. The van der Waals surface area contributed by atoms with E-state index in [-0.39, 0.29) is 6.04 Å². The fourth-order valence-electron chi connectivity index (χ4n) is 1.85. The highest BCUT2D eigenvalue weighted by Crippen LogP contribution is 2.23. The predicted molar refractivity (Wildman–Crippen MR) is 73.2 cm³/mol. The molecule has 0 amide bonds. The summed E-state index contributed by atoms with van der Waals surface area (Å²) in [6.45, 7) is 3.64. The summed E-state index contributed by atoms with van der Waals surface area (Å²) in [5.41, 5.74) is 0. The van der Waals surface area contributed by atoms with E-state index in [4.69, 9.17) is 5.26 Å². The third-order valence-corrected chi connectivity index (χ3v) is 3.59. The van der Waals surface area contributed by atoms with Crippen LogP contribution in [0.15, 0.2) is 29.9 Å². The van der Waals surface area contributed by atoms with Crippen molar-refractivity contribution in [1.29, 1.82) is 5.26 Å². The van der Waals surface area contributed by atoms with Crippen LogP contribution in [0.1, 0.15) is 13.3 Å². The van der Waals surface area contributed by atoms with Gasteiger partial charge in [0.15, 0.2) is 0 Å². The average molecular weight is 260 g/mol. The molecule has 1 N–H and O–H groups in total. The van der Waals surface area contributed by atoms with E-state index in [1.54, 1.807) is 11.3 Å². The quantitative estimate of drug-likeness (QED) is 0.868. The van der Waals surface area contributed by atoms with Gasteiger partial charge in [0.2, 0.25) is 0 Å². The van der Waals surface area contributed by atoms with E-state index in [1.807, 2.05) is 30.8 Å². The number of nitrogens with zero attached hydrogens (tertiary/aromatic N) is 3. The Hall–Kier alpha value is -1.64. The first-order valence-electron chi connectivity index (χ1n) is 6.03. The highest BCUT2D eigenvalue weighted by Gasteiger charge is 2.09.